The molecule has 1 aromatic heterocycles. The van der Waals surface area contributed by atoms with Crippen LogP contribution in [0, 0.1) is 0 Å². The van der Waals surface area contributed by atoms with Crippen LogP contribution >= 0.6 is 11.8 Å². The molecule has 0 fully saturated rings. The van der Waals surface area contributed by atoms with Crippen molar-refractivity contribution < 1.29 is 13.5 Å². The Bertz CT molecular complexity index is 460. The number of aliphatic hydroxyl groups is 1. The number of hydrogen-bond acceptors (Lipinski definition) is 5. The van der Waals surface area contributed by atoms with Crippen molar-refractivity contribution in [2.75, 3.05) is 18.6 Å². The summed E-state index contributed by atoms with van der Waals surface area (Å²) in [4.78, 5) is 0. The van der Waals surface area contributed by atoms with Crippen molar-refractivity contribution in [3.8, 4) is 0 Å². The third-order valence-corrected chi connectivity index (χ3v) is 4.86. The van der Waals surface area contributed by atoms with E-state index in [-0.39, 0.29) is 17.2 Å². The summed E-state index contributed by atoms with van der Waals surface area (Å²) in [6, 6.07) is 0. The monoisotopic (exact) mass is 307 g/mol. The number of hydrogen-bond donors (Lipinski definition) is 3. The van der Waals surface area contributed by atoms with Crippen LogP contribution < -0.4 is 4.72 Å². The highest BCUT2D eigenvalue weighted by atomic mass is 32.2. The molecule has 0 saturated heterocycles. The lowest BCUT2D eigenvalue weighted by Gasteiger charge is -2.06. The third-order valence-electron chi connectivity index (χ3n) is 2.68. The van der Waals surface area contributed by atoms with Crippen molar-refractivity contribution in [2.45, 2.75) is 37.3 Å². The van der Waals surface area contributed by atoms with Crippen LogP contribution in [-0.2, 0) is 16.6 Å². The van der Waals surface area contributed by atoms with E-state index in [1.807, 2.05) is 11.8 Å². The maximum absolute atomic E-state index is 11.9. The maximum atomic E-state index is 11.9. The SMILES string of the molecule is CSCCCCCCNS(=O)(=O)c1[nH]ncc1CO. The fourth-order valence-corrected chi connectivity index (χ4v) is 3.33. The highest BCUT2D eigenvalue weighted by Gasteiger charge is 2.19. The zero-order valence-corrected chi connectivity index (χ0v) is 12.7. The van der Waals surface area contributed by atoms with Gasteiger partial charge in [-0.1, -0.05) is 12.8 Å². The van der Waals surface area contributed by atoms with E-state index in [1.165, 1.54) is 12.6 Å². The van der Waals surface area contributed by atoms with Crippen LogP contribution in [0.5, 0.6) is 0 Å². The molecule has 0 aliphatic heterocycles. The fraction of sp³-hybridized carbons (Fsp3) is 0.727. The number of thioether (sulfide) groups is 1. The Morgan fingerprint density at radius 3 is 2.79 bits per heavy atom. The van der Waals surface area contributed by atoms with Crippen molar-refractivity contribution in [3.63, 3.8) is 0 Å². The van der Waals surface area contributed by atoms with E-state index < -0.39 is 10.0 Å². The number of nitrogens with one attached hydrogen (secondary N) is 2. The summed E-state index contributed by atoms with van der Waals surface area (Å²) in [6.45, 7) is 0.0624. The van der Waals surface area contributed by atoms with Crippen LogP contribution in [0.25, 0.3) is 0 Å². The molecular weight excluding hydrogens is 286 g/mol. The lowest BCUT2D eigenvalue weighted by atomic mass is 10.2. The van der Waals surface area contributed by atoms with E-state index in [9.17, 15) is 8.42 Å². The molecule has 6 nitrogen and oxygen atoms in total. The zero-order valence-electron chi connectivity index (χ0n) is 11.1. The van der Waals surface area contributed by atoms with Crippen molar-refractivity contribution in [3.05, 3.63) is 11.8 Å². The first-order valence-electron chi connectivity index (χ1n) is 6.23. The van der Waals surface area contributed by atoms with E-state index >= 15 is 0 Å². The van der Waals surface area contributed by atoms with E-state index in [2.05, 4.69) is 21.2 Å². The first-order valence-corrected chi connectivity index (χ1v) is 9.11. The first kappa shape index (κ1) is 16.5. The number of nitrogens with zero attached hydrogens (tertiary/aromatic N) is 1. The van der Waals surface area contributed by atoms with Crippen molar-refractivity contribution in [1.82, 2.24) is 14.9 Å². The molecule has 0 saturated carbocycles. The Morgan fingerprint density at radius 1 is 1.37 bits per heavy atom. The zero-order chi connectivity index (χ0) is 14.1. The van der Waals surface area contributed by atoms with Gasteiger partial charge in [0, 0.05) is 12.1 Å². The van der Waals surface area contributed by atoms with E-state index in [0.717, 1.165) is 25.0 Å². The van der Waals surface area contributed by atoms with Gasteiger partial charge in [-0.3, -0.25) is 5.10 Å². The molecule has 110 valence electrons. The standard InChI is InChI=1S/C11H21N3O3S2/c1-18-7-5-3-2-4-6-13-19(16,17)11-10(9-15)8-12-14-11/h8,13,15H,2-7,9H2,1H3,(H,12,14). The molecule has 19 heavy (non-hydrogen) atoms. The molecule has 1 heterocycles. The third kappa shape index (κ3) is 5.52. The average Bonchev–Trinajstić information content (AvgIpc) is 2.87. The molecule has 0 aliphatic carbocycles. The normalized spacial score (nSPS) is 11.9. The second-order valence-corrected chi connectivity index (χ2v) is 6.88. The highest BCUT2D eigenvalue weighted by Crippen LogP contribution is 2.11. The number of H-pyrrole nitrogens is 1. The smallest absolute Gasteiger partial charge is 0.257 e. The molecule has 0 bridgehead atoms. The first-order chi connectivity index (χ1) is 9.11. The van der Waals surface area contributed by atoms with Gasteiger partial charge in [0.05, 0.1) is 12.8 Å². The minimum atomic E-state index is -3.59. The topological polar surface area (TPSA) is 95.1 Å². The molecule has 0 radical (unpaired) electrons. The molecule has 0 spiro atoms. The minimum absolute atomic E-state index is 0.0441. The number of aromatic amines is 1. The van der Waals surface area contributed by atoms with Crippen LogP contribution in [0.1, 0.15) is 31.2 Å². The molecule has 1 rings (SSSR count). The quantitative estimate of drug-likeness (QED) is 0.563. The van der Waals surface area contributed by atoms with Gasteiger partial charge in [0.2, 0.25) is 0 Å². The second-order valence-electron chi connectivity index (χ2n) is 4.19. The van der Waals surface area contributed by atoms with Crippen molar-refractivity contribution in [1.29, 1.82) is 0 Å². The predicted octanol–water partition coefficient (Wildman–Crippen LogP) is 1.10. The summed E-state index contributed by atoms with van der Waals surface area (Å²) in [7, 11) is -3.59. The summed E-state index contributed by atoms with van der Waals surface area (Å²) in [5.74, 6) is 1.15. The highest BCUT2D eigenvalue weighted by molar-refractivity contribution is 7.98. The van der Waals surface area contributed by atoms with E-state index in [4.69, 9.17) is 5.11 Å². The van der Waals surface area contributed by atoms with Crippen LogP contribution in [0.15, 0.2) is 11.2 Å². The van der Waals surface area contributed by atoms with Crippen LogP contribution in [0.4, 0.5) is 0 Å². The van der Waals surface area contributed by atoms with Gasteiger partial charge in [0.15, 0.2) is 5.03 Å². The number of aromatic nitrogens is 2. The summed E-state index contributed by atoms with van der Waals surface area (Å²) in [6.07, 6.45) is 7.51. The van der Waals surface area contributed by atoms with Gasteiger partial charge >= 0.3 is 0 Å². The van der Waals surface area contributed by atoms with E-state index in [0.29, 0.717) is 6.54 Å². The molecule has 0 atom stereocenters. The second kappa shape index (κ2) is 8.57. The molecular formula is C11H21N3O3S2. The van der Waals surface area contributed by atoms with Crippen LogP contribution in [0.3, 0.4) is 0 Å². The molecule has 0 aromatic carbocycles. The lowest BCUT2D eigenvalue weighted by molar-refractivity contribution is 0.278. The molecule has 0 amide bonds. The largest absolute Gasteiger partial charge is 0.392 e. The van der Waals surface area contributed by atoms with Gasteiger partial charge in [-0.25, -0.2) is 13.1 Å². The average molecular weight is 307 g/mol. The van der Waals surface area contributed by atoms with Crippen LogP contribution in [0.2, 0.25) is 0 Å². The van der Waals surface area contributed by atoms with Crippen molar-refractivity contribution >= 4 is 21.8 Å². The summed E-state index contributed by atoms with van der Waals surface area (Å²) in [5.41, 5.74) is 0.285. The minimum Gasteiger partial charge on any atom is -0.392 e. The van der Waals surface area contributed by atoms with Gasteiger partial charge < -0.3 is 5.11 Å². The fourth-order valence-electron chi connectivity index (χ4n) is 1.65. The Balaban J connectivity index is 2.32. The molecule has 0 aliphatic rings. The van der Waals surface area contributed by atoms with Gasteiger partial charge in [0.1, 0.15) is 0 Å². The van der Waals surface area contributed by atoms with Gasteiger partial charge in [-0.05, 0) is 24.9 Å². The van der Waals surface area contributed by atoms with E-state index in [1.54, 1.807) is 0 Å². The number of sulfonamides is 1. The Kier molecular flexibility index (Phi) is 7.44. The summed E-state index contributed by atoms with van der Waals surface area (Å²) < 4.78 is 26.3. The van der Waals surface area contributed by atoms with Crippen molar-refractivity contribution in [2.24, 2.45) is 0 Å². The molecule has 8 heteroatoms. The Morgan fingerprint density at radius 2 is 2.11 bits per heavy atom. The lowest BCUT2D eigenvalue weighted by Crippen LogP contribution is -2.26. The number of unbranched alkanes of at least 4 members (excludes halogenated alkanes) is 3. The number of aliphatic hydroxyl groups excluding tert-OH is 1. The van der Waals surface area contributed by atoms with Gasteiger partial charge in [-0.15, -0.1) is 0 Å². The number of rotatable bonds is 10. The Labute approximate surface area is 118 Å². The molecule has 0 unspecified atom stereocenters. The predicted molar refractivity (Wildman–Crippen MR) is 76.5 cm³/mol. The summed E-state index contributed by atoms with van der Waals surface area (Å²) >= 11 is 1.83. The van der Waals surface area contributed by atoms with Gasteiger partial charge in [0.25, 0.3) is 10.0 Å². The van der Waals surface area contributed by atoms with Crippen LogP contribution in [-0.4, -0.2) is 42.3 Å². The maximum Gasteiger partial charge on any atom is 0.257 e. The molecule has 1 aromatic rings. The molecule has 3 N–H and O–H groups in total. The van der Waals surface area contributed by atoms with Gasteiger partial charge in [-0.2, -0.15) is 16.9 Å². The summed E-state index contributed by atoms with van der Waals surface area (Å²) in [5, 5.41) is 15.0. The Hall–Kier alpha value is -0.570.